The van der Waals surface area contributed by atoms with E-state index in [-0.39, 0.29) is 11.8 Å². The monoisotopic (exact) mass is 250 g/mol. The zero-order valence-electron chi connectivity index (χ0n) is 9.39. The van der Waals surface area contributed by atoms with Gasteiger partial charge in [-0.05, 0) is 18.1 Å². The highest BCUT2D eigenvalue weighted by atomic mass is 32.2. The van der Waals surface area contributed by atoms with E-state index in [2.05, 4.69) is 11.4 Å². The second-order valence-corrected chi connectivity index (χ2v) is 6.14. The summed E-state index contributed by atoms with van der Waals surface area (Å²) >= 11 is 0. The molecule has 1 aliphatic heterocycles. The molecule has 0 spiro atoms. The minimum absolute atomic E-state index is 0.0445. The van der Waals surface area contributed by atoms with E-state index in [0.29, 0.717) is 24.3 Å². The van der Waals surface area contributed by atoms with Gasteiger partial charge in [0.2, 0.25) is 0 Å². The molecule has 1 heterocycles. The van der Waals surface area contributed by atoms with Gasteiger partial charge in [0.25, 0.3) is 0 Å². The molecule has 0 aliphatic carbocycles. The zero-order chi connectivity index (χ0) is 12.3. The Balaban J connectivity index is 2.26. The van der Waals surface area contributed by atoms with Gasteiger partial charge in [-0.3, -0.25) is 0 Å². The van der Waals surface area contributed by atoms with E-state index in [1.165, 1.54) is 0 Å². The minimum Gasteiger partial charge on any atom is -0.309 e. The molecule has 1 atom stereocenters. The van der Waals surface area contributed by atoms with Gasteiger partial charge < -0.3 is 5.32 Å². The Bertz CT molecular complexity index is 546. The third-order valence-electron chi connectivity index (χ3n) is 2.93. The minimum atomic E-state index is -3.11. The number of sulfone groups is 1. The molecule has 90 valence electrons. The number of hydrogen-bond donors (Lipinski definition) is 1. The Morgan fingerprint density at radius 1 is 1.41 bits per heavy atom. The Morgan fingerprint density at radius 3 is 2.94 bits per heavy atom. The predicted molar refractivity (Wildman–Crippen MR) is 64.1 cm³/mol. The fourth-order valence-electron chi connectivity index (χ4n) is 2.10. The zero-order valence-corrected chi connectivity index (χ0v) is 10.2. The SMILES string of the molecule is N#CCCNC1CCS(=O)(=O)c2ccccc21. The van der Waals surface area contributed by atoms with E-state index in [0.717, 1.165) is 5.56 Å². The fourth-order valence-corrected chi connectivity index (χ4v) is 3.73. The number of fused-ring (bicyclic) bond motifs is 1. The largest absolute Gasteiger partial charge is 0.309 e. The van der Waals surface area contributed by atoms with Crippen LogP contribution < -0.4 is 5.32 Å². The van der Waals surface area contributed by atoms with Gasteiger partial charge in [-0.1, -0.05) is 18.2 Å². The third-order valence-corrected chi connectivity index (χ3v) is 4.75. The lowest BCUT2D eigenvalue weighted by molar-refractivity contribution is 0.498. The van der Waals surface area contributed by atoms with Crippen LogP contribution in [-0.4, -0.2) is 20.7 Å². The van der Waals surface area contributed by atoms with Crippen molar-refractivity contribution in [1.29, 1.82) is 5.26 Å². The second kappa shape index (κ2) is 4.86. The topological polar surface area (TPSA) is 70.0 Å². The third kappa shape index (κ3) is 2.48. The lowest BCUT2D eigenvalue weighted by Gasteiger charge is -2.26. The molecule has 0 saturated carbocycles. The van der Waals surface area contributed by atoms with Crippen molar-refractivity contribution in [3.05, 3.63) is 29.8 Å². The molecule has 1 aromatic carbocycles. The van der Waals surface area contributed by atoms with E-state index in [1.807, 2.05) is 12.1 Å². The average molecular weight is 250 g/mol. The number of benzene rings is 1. The van der Waals surface area contributed by atoms with Crippen molar-refractivity contribution in [3.8, 4) is 6.07 Å². The van der Waals surface area contributed by atoms with Gasteiger partial charge in [0.1, 0.15) is 0 Å². The van der Waals surface area contributed by atoms with Crippen LogP contribution >= 0.6 is 0 Å². The van der Waals surface area contributed by atoms with Crippen molar-refractivity contribution in [2.24, 2.45) is 0 Å². The van der Waals surface area contributed by atoms with Gasteiger partial charge in [-0.15, -0.1) is 0 Å². The molecule has 17 heavy (non-hydrogen) atoms. The van der Waals surface area contributed by atoms with Gasteiger partial charge in [0, 0.05) is 19.0 Å². The Hall–Kier alpha value is -1.38. The van der Waals surface area contributed by atoms with E-state index in [1.54, 1.807) is 12.1 Å². The summed E-state index contributed by atoms with van der Waals surface area (Å²) < 4.78 is 23.7. The Morgan fingerprint density at radius 2 is 2.18 bits per heavy atom. The van der Waals surface area contributed by atoms with Gasteiger partial charge in [0.05, 0.1) is 16.7 Å². The van der Waals surface area contributed by atoms with Crippen LogP contribution in [0.1, 0.15) is 24.4 Å². The lowest BCUT2D eigenvalue weighted by Crippen LogP contribution is -2.30. The summed E-state index contributed by atoms with van der Waals surface area (Å²) in [4.78, 5) is 0.431. The molecule has 1 unspecified atom stereocenters. The smallest absolute Gasteiger partial charge is 0.178 e. The molecule has 1 aliphatic rings. The standard InChI is InChI=1S/C12H14N2O2S/c13-7-3-8-14-11-6-9-17(15,16)12-5-2-1-4-10(11)12/h1-2,4-5,11,14H,3,6,8-9H2. The normalized spacial score (nSPS) is 21.5. The molecule has 0 bridgehead atoms. The summed E-state index contributed by atoms with van der Waals surface area (Å²) in [7, 11) is -3.11. The van der Waals surface area contributed by atoms with Crippen molar-refractivity contribution in [2.45, 2.75) is 23.8 Å². The maximum absolute atomic E-state index is 11.9. The van der Waals surface area contributed by atoms with Crippen LogP contribution in [0.25, 0.3) is 0 Å². The summed E-state index contributed by atoms with van der Waals surface area (Å²) in [6, 6.07) is 9.20. The van der Waals surface area contributed by atoms with Crippen LogP contribution in [0.3, 0.4) is 0 Å². The Labute approximate surface area is 101 Å². The first-order chi connectivity index (χ1) is 8.15. The van der Waals surface area contributed by atoms with E-state index in [4.69, 9.17) is 5.26 Å². The molecular weight excluding hydrogens is 236 g/mol. The van der Waals surface area contributed by atoms with Gasteiger partial charge in [-0.25, -0.2) is 8.42 Å². The van der Waals surface area contributed by atoms with E-state index >= 15 is 0 Å². The lowest BCUT2D eigenvalue weighted by atomic mass is 10.0. The summed E-state index contributed by atoms with van der Waals surface area (Å²) in [5, 5.41) is 11.7. The number of hydrogen-bond acceptors (Lipinski definition) is 4. The summed E-state index contributed by atoms with van der Waals surface area (Å²) in [6.45, 7) is 0.593. The highest BCUT2D eigenvalue weighted by Crippen LogP contribution is 2.31. The maximum atomic E-state index is 11.9. The molecule has 1 N–H and O–H groups in total. The summed E-state index contributed by atoms with van der Waals surface area (Å²) in [5.74, 6) is 0.175. The molecule has 0 saturated heterocycles. The second-order valence-electron chi connectivity index (χ2n) is 4.06. The Kier molecular flexibility index (Phi) is 3.46. The van der Waals surface area contributed by atoms with Crippen LogP contribution in [0.5, 0.6) is 0 Å². The molecule has 0 fully saturated rings. The van der Waals surface area contributed by atoms with Gasteiger partial charge >= 0.3 is 0 Å². The van der Waals surface area contributed by atoms with Crippen molar-refractivity contribution < 1.29 is 8.42 Å². The molecule has 5 heteroatoms. The average Bonchev–Trinajstić information content (AvgIpc) is 2.33. The van der Waals surface area contributed by atoms with E-state index in [9.17, 15) is 8.42 Å². The van der Waals surface area contributed by atoms with Gasteiger partial charge in [-0.2, -0.15) is 5.26 Å². The number of nitrogens with zero attached hydrogens (tertiary/aromatic N) is 1. The molecular formula is C12H14N2O2S. The van der Waals surface area contributed by atoms with Crippen LogP contribution in [0.15, 0.2) is 29.2 Å². The van der Waals surface area contributed by atoms with Crippen molar-refractivity contribution in [1.82, 2.24) is 5.32 Å². The molecule has 2 rings (SSSR count). The first-order valence-electron chi connectivity index (χ1n) is 5.57. The molecule has 1 aromatic rings. The van der Waals surface area contributed by atoms with E-state index < -0.39 is 9.84 Å². The highest BCUT2D eigenvalue weighted by Gasteiger charge is 2.29. The van der Waals surface area contributed by atoms with Crippen molar-refractivity contribution in [2.75, 3.05) is 12.3 Å². The number of nitrogens with one attached hydrogen (secondary N) is 1. The molecule has 0 amide bonds. The predicted octanol–water partition coefficient (Wildman–Crippen LogP) is 1.41. The molecule has 0 radical (unpaired) electrons. The van der Waals surface area contributed by atoms with Crippen molar-refractivity contribution in [3.63, 3.8) is 0 Å². The maximum Gasteiger partial charge on any atom is 0.178 e. The quantitative estimate of drug-likeness (QED) is 0.823. The molecule has 0 aromatic heterocycles. The summed E-state index contributed by atoms with van der Waals surface area (Å²) in [5.41, 5.74) is 0.830. The molecule has 4 nitrogen and oxygen atoms in total. The van der Waals surface area contributed by atoms with Crippen LogP contribution in [0.4, 0.5) is 0 Å². The summed E-state index contributed by atoms with van der Waals surface area (Å²) in [6.07, 6.45) is 1.01. The number of nitriles is 1. The fraction of sp³-hybridized carbons (Fsp3) is 0.417. The van der Waals surface area contributed by atoms with Crippen LogP contribution in [0.2, 0.25) is 0 Å². The van der Waals surface area contributed by atoms with Crippen LogP contribution in [-0.2, 0) is 9.84 Å². The first-order valence-corrected chi connectivity index (χ1v) is 7.22. The first kappa shape index (κ1) is 12.1. The van der Waals surface area contributed by atoms with Crippen molar-refractivity contribution >= 4 is 9.84 Å². The van der Waals surface area contributed by atoms with Gasteiger partial charge in [0.15, 0.2) is 9.84 Å². The van der Waals surface area contributed by atoms with Crippen LogP contribution in [0, 0.1) is 11.3 Å². The number of rotatable bonds is 3. The highest BCUT2D eigenvalue weighted by molar-refractivity contribution is 7.91.